The summed E-state index contributed by atoms with van der Waals surface area (Å²) in [6.07, 6.45) is 7.90. The second kappa shape index (κ2) is 11.0. The van der Waals surface area contributed by atoms with Gasteiger partial charge in [-0.25, -0.2) is 4.98 Å². The van der Waals surface area contributed by atoms with Crippen molar-refractivity contribution in [1.82, 2.24) is 9.55 Å². The number of rotatable bonds is 9. The van der Waals surface area contributed by atoms with E-state index in [9.17, 15) is 9.59 Å². The number of allylic oxidation sites excluding steroid dienone is 2. The van der Waals surface area contributed by atoms with Crippen LogP contribution in [0.25, 0.3) is 23.1 Å². The summed E-state index contributed by atoms with van der Waals surface area (Å²) in [7, 11) is 3.14. The molecule has 7 heteroatoms. The van der Waals surface area contributed by atoms with Gasteiger partial charge in [0.1, 0.15) is 12.1 Å². The van der Waals surface area contributed by atoms with Crippen LogP contribution in [-0.4, -0.2) is 29.6 Å². The van der Waals surface area contributed by atoms with Gasteiger partial charge in [-0.3, -0.25) is 14.2 Å². The molecule has 4 aromatic rings. The second-order valence-corrected chi connectivity index (χ2v) is 7.56. The maximum atomic E-state index is 12.5. The zero-order chi connectivity index (χ0) is 24.6. The Balaban J connectivity index is 1.34. The number of ketones is 1. The predicted molar refractivity (Wildman–Crippen MR) is 136 cm³/mol. The molecular formula is C28H24N2O5. The van der Waals surface area contributed by atoms with E-state index in [0.29, 0.717) is 28.2 Å². The van der Waals surface area contributed by atoms with Crippen LogP contribution < -0.4 is 19.8 Å². The van der Waals surface area contributed by atoms with Crippen LogP contribution in [0.5, 0.6) is 17.2 Å². The molecule has 0 amide bonds. The molecule has 0 atom stereocenters. The summed E-state index contributed by atoms with van der Waals surface area (Å²) in [5.41, 5.74) is 2.16. The average Bonchev–Trinajstić information content (AvgIpc) is 2.91. The third-order valence-electron chi connectivity index (χ3n) is 5.27. The Hall–Kier alpha value is -4.65. The highest BCUT2D eigenvalue weighted by molar-refractivity contribution is 6.04. The summed E-state index contributed by atoms with van der Waals surface area (Å²) in [5, 5.41) is 0.545. The zero-order valence-corrected chi connectivity index (χ0v) is 19.4. The normalized spacial score (nSPS) is 11.3. The molecule has 3 aromatic carbocycles. The molecule has 7 nitrogen and oxygen atoms in total. The summed E-state index contributed by atoms with van der Waals surface area (Å²) in [5.74, 6) is 1.68. The fourth-order valence-electron chi connectivity index (χ4n) is 3.39. The van der Waals surface area contributed by atoms with Crippen molar-refractivity contribution in [2.75, 3.05) is 14.2 Å². The van der Waals surface area contributed by atoms with Gasteiger partial charge in [-0.1, -0.05) is 42.5 Å². The van der Waals surface area contributed by atoms with E-state index in [0.717, 1.165) is 11.1 Å². The summed E-state index contributed by atoms with van der Waals surface area (Å²) < 4.78 is 17.6. The molecule has 4 rings (SSSR count). The van der Waals surface area contributed by atoms with E-state index in [-0.39, 0.29) is 18.1 Å². The Morgan fingerprint density at radius 3 is 2.31 bits per heavy atom. The SMILES string of the molecule is COc1ccc(/C=C/C(=O)/C=C/c2ccc(OCn3cnc4ccccc4c3=O)cc2)cc1OC. The first-order valence-corrected chi connectivity index (χ1v) is 10.9. The summed E-state index contributed by atoms with van der Waals surface area (Å²) in [6, 6.07) is 19.8. The first kappa shape index (κ1) is 23.5. The predicted octanol–water partition coefficient (Wildman–Crippen LogP) is 4.75. The zero-order valence-electron chi connectivity index (χ0n) is 19.4. The van der Waals surface area contributed by atoms with Crippen molar-refractivity contribution >= 4 is 28.8 Å². The molecule has 1 aromatic heterocycles. The van der Waals surface area contributed by atoms with Crippen LogP contribution in [0.2, 0.25) is 0 Å². The van der Waals surface area contributed by atoms with Gasteiger partial charge >= 0.3 is 0 Å². The minimum Gasteiger partial charge on any atom is -0.493 e. The number of benzene rings is 3. The highest BCUT2D eigenvalue weighted by atomic mass is 16.5. The van der Waals surface area contributed by atoms with Gasteiger partial charge in [0.15, 0.2) is 24.0 Å². The van der Waals surface area contributed by atoms with Gasteiger partial charge in [0.2, 0.25) is 0 Å². The van der Waals surface area contributed by atoms with Crippen LogP contribution >= 0.6 is 0 Å². The number of nitrogens with zero attached hydrogens (tertiary/aromatic N) is 2. The molecule has 0 saturated heterocycles. The third-order valence-corrected chi connectivity index (χ3v) is 5.27. The van der Waals surface area contributed by atoms with Crippen molar-refractivity contribution in [3.05, 3.63) is 107 Å². The van der Waals surface area contributed by atoms with Crippen molar-refractivity contribution in [2.24, 2.45) is 0 Å². The van der Waals surface area contributed by atoms with Crippen molar-refractivity contribution in [3.63, 3.8) is 0 Å². The first-order chi connectivity index (χ1) is 17.1. The van der Waals surface area contributed by atoms with Crippen molar-refractivity contribution in [1.29, 1.82) is 0 Å². The smallest absolute Gasteiger partial charge is 0.263 e. The topological polar surface area (TPSA) is 79.7 Å². The average molecular weight is 469 g/mol. The summed E-state index contributed by atoms with van der Waals surface area (Å²) in [6.45, 7) is 0.0469. The van der Waals surface area contributed by atoms with E-state index in [1.807, 2.05) is 24.3 Å². The van der Waals surface area contributed by atoms with Crippen LogP contribution in [0.1, 0.15) is 11.1 Å². The number of para-hydroxylation sites is 1. The third kappa shape index (κ3) is 5.83. The van der Waals surface area contributed by atoms with Gasteiger partial charge in [0.05, 0.1) is 25.1 Å². The van der Waals surface area contributed by atoms with Crippen LogP contribution in [0.4, 0.5) is 0 Å². The number of ether oxygens (including phenoxy) is 3. The van der Waals surface area contributed by atoms with Gasteiger partial charge in [-0.05, 0) is 59.7 Å². The number of aromatic nitrogens is 2. The van der Waals surface area contributed by atoms with Gasteiger partial charge in [-0.2, -0.15) is 0 Å². The number of methoxy groups -OCH3 is 2. The van der Waals surface area contributed by atoms with E-state index in [4.69, 9.17) is 14.2 Å². The number of hydrogen-bond donors (Lipinski definition) is 0. The maximum absolute atomic E-state index is 12.5. The van der Waals surface area contributed by atoms with Gasteiger partial charge in [0, 0.05) is 0 Å². The quantitative estimate of drug-likeness (QED) is 0.330. The lowest BCUT2D eigenvalue weighted by molar-refractivity contribution is -0.110. The molecule has 176 valence electrons. The van der Waals surface area contributed by atoms with Crippen molar-refractivity contribution in [2.45, 2.75) is 6.73 Å². The summed E-state index contributed by atoms with van der Waals surface area (Å²) >= 11 is 0. The van der Waals surface area contributed by atoms with Gasteiger partial charge < -0.3 is 14.2 Å². The van der Waals surface area contributed by atoms with Crippen molar-refractivity contribution < 1.29 is 19.0 Å². The Morgan fingerprint density at radius 1 is 0.886 bits per heavy atom. The molecule has 0 N–H and O–H groups in total. The number of hydrogen-bond acceptors (Lipinski definition) is 6. The number of carbonyl (C=O) groups excluding carboxylic acids is 1. The molecule has 0 bridgehead atoms. The lowest BCUT2D eigenvalue weighted by Crippen LogP contribution is -2.23. The molecule has 0 unspecified atom stereocenters. The minimum absolute atomic E-state index is 0.0469. The molecule has 0 fully saturated rings. The maximum Gasteiger partial charge on any atom is 0.263 e. The molecule has 0 saturated carbocycles. The van der Waals surface area contributed by atoms with Crippen LogP contribution in [0, 0.1) is 0 Å². The molecule has 35 heavy (non-hydrogen) atoms. The highest BCUT2D eigenvalue weighted by Crippen LogP contribution is 2.28. The van der Waals surface area contributed by atoms with Gasteiger partial charge in [-0.15, -0.1) is 0 Å². The lowest BCUT2D eigenvalue weighted by Gasteiger charge is -2.09. The number of carbonyl (C=O) groups is 1. The molecule has 1 heterocycles. The lowest BCUT2D eigenvalue weighted by atomic mass is 10.1. The standard InChI is InChI=1S/C28H24N2O5/c1-33-26-16-11-21(17-27(26)34-2)8-13-22(31)12-7-20-9-14-23(15-10-20)35-19-30-18-29-25-6-4-3-5-24(25)28(30)32/h3-18H,19H2,1-2H3/b12-7+,13-8+. The Labute approximate surface area is 202 Å². The van der Waals surface area contributed by atoms with E-state index in [2.05, 4.69) is 4.98 Å². The fraction of sp³-hybridized carbons (Fsp3) is 0.107. The molecular weight excluding hydrogens is 444 g/mol. The second-order valence-electron chi connectivity index (χ2n) is 7.56. The first-order valence-electron chi connectivity index (χ1n) is 10.9. The number of fused-ring (bicyclic) bond motifs is 1. The highest BCUT2D eigenvalue weighted by Gasteiger charge is 2.05. The van der Waals surface area contributed by atoms with E-state index >= 15 is 0 Å². The van der Waals surface area contributed by atoms with Crippen LogP contribution in [0.3, 0.4) is 0 Å². The van der Waals surface area contributed by atoms with Crippen LogP contribution in [0.15, 0.2) is 90.0 Å². The minimum atomic E-state index is -0.158. The molecule has 0 spiro atoms. The molecule has 0 aliphatic carbocycles. The molecule has 0 aliphatic rings. The van der Waals surface area contributed by atoms with Crippen molar-refractivity contribution in [3.8, 4) is 17.2 Å². The Morgan fingerprint density at radius 2 is 1.57 bits per heavy atom. The monoisotopic (exact) mass is 468 g/mol. The Kier molecular flexibility index (Phi) is 7.37. The van der Waals surface area contributed by atoms with E-state index < -0.39 is 0 Å². The van der Waals surface area contributed by atoms with Crippen LogP contribution in [-0.2, 0) is 11.5 Å². The van der Waals surface area contributed by atoms with Gasteiger partial charge in [0.25, 0.3) is 5.56 Å². The fourth-order valence-corrected chi connectivity index (χ4v) is 3.39. The molecule has 0 aliphatic heterocycles. The summed E-state index contributed by atoms with van der Waals surface area (Å²) in [4.78, 5) is 29.1. The molecule has 0 radical (unpaired) electrons. The Bertz CT molecular complexity index is 1450. The van der Waals surface area contributed by atoms with E-state index in [1.165, 1.54) is 23.0 Å². The van der Waals surface area contributed by atoms with E-state index in [1.54, 1.807) is 68.8 Å². The largest absolute Gasteiger partial charge is 0.493 e.